The first-order valence-electron chi connectivity index (χ1n) is 8.19. The van der Waals surface area contributed by atoms with E-state index < -0.39 is 42.3 Å². The minimum absolute atomic E-state index is 0.377. The first kappa shape index (κ1) is 21.7. The second-order valence-corrected chi connectivity index (χ2v) is 6.74. The number of esters is 1. The van der Waals surface area contributed by atoms with E-state index in [2.05, 4.69) is 5.32 Å². The van der Waals surface area contributed by atoms with E-state index in [4.69, 9.17) is 14.2 Å². The number of rotatable bonds is 7. The van der Waals surface area contributed by atoms with Crippen LogP contribution in [0.25, 0.3) is 0 Å². The molecule has 0 unspecified atom stereocenters. The smallest absolute Gasteiger partial charge is 0.408 e. The summed E-state index contributed by atoms with van der Waals surface area (Å²) in [5, 5.41) is 2.25. The number of hydrogen-bond acceptors (Lipinski definition) is 5. The fraction of sp³-hybridized carbons (Fsp3) is 0.556. The fourth-order valence-electron chi connectivity index (χ4n) is 1.91. The average molecular weight is 373 g/mol. The molecule has 0 aliphatic heterocycles. The Morgan fingerprint density at radius 1 is 1.08 bits per heavy atom. The Morgan fingerprint density at radius 2 is 1.65 bits per heavy atom. The van der Waals surface area contributed by atoms with Crippen LogP contribution in [-0.4, -0.2) is 42.3 Å². The molecule has 0 aromatic heterocycles. The number of para-hydroxylation sites is 1. The molecule has 1 N–H and O–H groups in total. The van der Waals surface area contributed by atoms with Crippen LogP contribution in [0.4, 0.5) is 13.6 Å². The number of amides is 1. The third kappa shape index (κ3) is 7.67. The fourth-order valence-corrected chi connectivity index (χ4v) is 1.91. The van der Waals surface area contributed by atoms with Gasteiger partial charge in [0, 0.05) is 0 Å². The summed E-state index contributed by atoms with van der Waals surface area (Å²) in [5.41, 5.74) is -0.753. The van der Waals surface area contributed by atoms with Crippen LogP contribution in [0.3, 0.4) is 0 Å². The molecule has 1 rings (SSSR count). The van der Waals surface area contributed by atoms with Crippen molar-refractivity contribution in [2.45, 2.75) is 64.9 Å². The molecule has 0 saturated carbocycles. The summed E-state index contributed by atoms with van der Waals surface area (Å²) >= 11 is 0. The van der Waals surface area contributed by atoms with Gasteiger partial charge in [0.15, 0.2) is 6.10 Å². The molecule has 146 valence electrons. The lowest BCUT2D eigenvalue weighted by Gasteiger charge is -2.26. The summed E-state index contributed by atoms with van der Waals surface area (Å²) in [6.07, 6.45) is -6.67. The molecule has 1 amide bonds. The van der Waals surface area contributed by atoms with E-state index in [0.29, 0.717) is 5.75 Å². The van der Waals surface area contributed by atoms with Crippen molar-refractivity contribution in [2.75, 3.05) is 0 Å². The standard InChI is InChI=1S/C18H25F2NO5/c1-11(21-17(23)26-18(3,4)5)16(22)25-14(15(19)20)12(2)24-13-9-7-6-8-10-13/h6-12,14-15H,1-5H3,(H,21,23)/t11-,12-,14-/m0/s1. The number of hydrogen-bond donors (Lipinski definition) is 1. The molecule has 0 aliphatic carbocycles. The van der Waals surface area contributed by atoms with Crippen molar-refractivity contribution >= 4 is 12.1 Å². The number of benzene rings is 1. The van der Waals surface area contributed by atoms with E-state index in [-0.39, 0.29) is 0 Å². The van der Waals surface area contributed by atoms with Gasteiger partial charge in [-0.3, -0.25) is 0 Å². The number of nitrogens with one attached hydrogen (secondary N) is 1. The van der Waals surface area contributed by atoms with Crippen molar-refractivity contribution in [3.63, 3.8) is 0 Å². The van der Waals surface area contributed by atoms with Gasteiger partial charge in [-0.1, -0.05) is 18.2 Å². The molecule has 0 fully saturated rings. The maximum Gasteiger partial charge on any atom is 0.408 e. The van der Waals surface area contributed by atoms with Gasteiger partial charge in [-0.2, -0.15) is 0 Å². The lowest BCUT2D eigenvalue weighted by Crippen LogP contribution is -2.46. The second kappa shape index (κ2) is 9.35. The van der Waals surface area contributed by atoms with Crippen LogP contribution in [-0.2, 0) is 14.3 Å². The van der Waals surface area contributed by atoms with Crippen molar-refractivity contribution in [2.24, 2.45) is 0 Å². The highest BCUT2D eigenvalue weighted by Gasteiger charge is 2.34. The van der Waals surface area contributed by atoms with E-state index >= 15 is 0 Å². The Bertz CT molecular complexity index is 589. The zero-order valence-electron chi connectivity index (χ0n) is 15.5. The molecule has 1 aromatic rings. The van der Waals surface area contributed by atoms with Gasteiger partial charge in [0.25, 0.3) is 6.43 Å². The van der Waals surface area contributed by atoms with Crippen LogP contribution < -0.4 is 10.1 Å². The monoisotopic (exact) mass is 373 g/mol. The second-order valence-electron chi connectivity index (χ2n) is 6.74. The molecule has 0 heterocycles. The van der Waals surface area contributed by atoms with Gasteiger partial charge >= 0.3 is 12.1 Å². The third-order valence-electron chi connectivity index (χ3n) is 3.12. The summed E-state index contributed by atoms with van der Waals surface area (Å²) in [7, 11) is 0. The first-order chi connectivity index (χ1) is 12.0. The zero-order chi connectivity index (χ0) is 19.9. The van der Waals surface area contributed by atoms with Crippen molar-refractivity contribution < 1.29 is 32.6 Å². The number of alkyl carbamates (subject to hydrolysis) is 1. The van der Waals surface area contributed by atoms with Gasteiger partial charge in [-0.25, -0.2) is 18.4 Å². The van der Waals surface area contributed by atoms with Gasteiger partial charge in [-0.15, -0.1) is 0 Å². The summed E-state index contributed by atoms with van der Waals surface area (Å²) < 4.78 is 41.8. The number of carbonyl (C=O) groups is 2. The first-order valence-corrected chi connectivity index (χ1v) is 8.19. The Balaban J connectivity index is 2.65. The van der Waals surface area contributed by atoms with Crippen molar-refractivity contribution in [1.82, 2.24) is 5.32 Å². The van der Waals surface area contributed by atoms with Crippen molar-refractivity contribution in [3.05, 3.63) is 30.3 Å². The van der Waals surface area contributed by atoms with Crippen molar-refractivity contribution in [3.8, 4) is 5.75 Å². The number of carbonyl (C=O) groups excluding carboxylic acids is 2. The summed E-state index contributed by atoms with van der Waals surface area (Å²) in [5.74, 6) is -0.633. The Hall–Kier alpha value is -2.38. The average Bonchev–Trinajstić information content (AvgIpc) is 2.50. The molecule has 0 spiro atoms. The predicted octanol–water partition coefficient (Wildman–Crippen LogP) is 3.54. The van der Waals surface area contributed by atoms with Crippen LogP contribution in [0.15, 0.2) is 30.3 Å². The molecule has 0 saturated heterocycles. The maximum atomic E-state index is 13.3. The number of ether oxygens (including phenoxy) is 3. The molecule has 0 aliphatic rings. The molecule has 6 nitrogen and oxygen atoms in total. The van der Waals surface area contributed by atoms with E-state index in [9.17, 15) is 18.4 Å². The Labute approximate surface area is 151 Å². The molecule has 0 bridgehead atoms. The topological polar surface area (TPSA) is 73.9 Å². The van der Waals surface area contributed by atoms with Gasteiger partial charge in [0.2, 0.25) is 0 Å². The maximum absolute atomic E-state index is 13.3. The van der Waals surface area contributed by atoms with Gasteiger partial charge < -0.3 is 19.5 Å². The number of alkyl halides is 2. The van der Waals surface area contributed by atoms with Gasteiger partial charge in [0.05, 0.1) is 0 Å². The van der Waals surface area contributed by atoms with Crippen LogP contribution in [0.2, 0.25) is 0 Å². The normalized spacial score (nSPS) is 14.9. The Morgan fingerprint density at radius 3 is 2.15 bits per heavy atom. The summed E-state index contributed by atoms with van der Waals surface area (Å²) in [4.78, 5) is 23.7. The van der Waals surface area contributed by atoms with Crippen LogP contribution >= 0.6 is 0 Å². The third-order valence-corrected chi connectivity index (χ3v) is 3.12. The van der Waals surface area contributed by atoms with Crippen molar-refractivity contribution in [1.29, 1.82) is 0 Å². The molecule has 1 aromatic carbocycles. The predicted molar refractivity (Wildman–Crippen MR) is 91.2 cm³/mol. The highest BCUT2D eigenvalue weighted by atomic mass is 19.3. The number of halogens is 2. The van der Waals surface area contributed by atoms with Crippen LogP contribution in [0.1, 0.15) is 34.6 Å². The van der Waals surface area contributed by atoms with Gasteiger partial charge in [-0.05, 0) is 46.8 Å². The molecular weight excluding hydrogens is 348 g/mol. The SMILES string of the molecule is C[C@H](NC(=O)OC(C)(C)C)C(=O)O[C@H](C(F)F)[C@H](C)Oc1ccccc1. The highest BCUT2D eigenvalue weighted by molar-refractivity contribution is 5.81. The largest absolute Gasteiger partial charge is 0.487 e. The van der Waals surface area contributed by atoms with Gasteiger partial charge in [0.1, 0.15) is 23.5 Å². The van der Waals surface area contributed by atoms with Crippen LogP contribution in [0.5, 0.6) is 5.75 Å². The lowest BCUT2D eigenvalue weighted by atomic mass is 10.2. The molecule has 3 atom stereocenters. The van der Waals surface area contributed by atoms with Crippen LogP contribution in [0, 0.1) is 0 Å². The van der Waals surface area contributed by atoms with E-state index in [1.807, 2.05) is 0 Å². The Kier molecular flexibility index (Phi) is 7.79. The quantitative estimate of drug-likeness (QED) is 0.740. The summed E-state index contributed by atoms with van der Waals surface area (Å²) in [6.45, 7) is 7.67. The van der Waals surface area contributed by atoms with E-state index in [0.717, 1.165) is 0 Å². The molecule has 0 radical (unpaired) electrons. The molecule has 26 heavy (non-hydrogen) atoms. The van der Waals surface area contributed by atoms with E-state index in [1.54, 1.807) is 51.1 Å². The van der Waals surface area contributed by atoms with E-state index in [1.165, 1.54) is 13.8 Å². The minimum Gasteiger partial charge on any atom is -0.487 e. The highest BCUT2D eigenvalue weighted by Crippen LogP contribution is 2.18. The summed E-state index contributed by atoms with van der Waals surface area (Å²) in [6, 6.07) is 7.19. The molecular formula is C18H25F2NO5. The zero-order valence-corrected chi connectivity index (χ0v) is 15.5. The molecule has 8 heteroatoms. The minimum atomic E-state index is -2.95. The lowest BCUT2D eigenvalue weighted by molar-refractivity contribution is -0.167.